The molecular formula is C60H47N5O2S2. The second kappa shape index (κ2) is 18.3. The van der Waals surface area contributed by atoms with E-state index in [0.29, 0.717) is 23.3 Å². The monoisotopic (exact) mass is 933 g/mol. The van der Waals surface area contributed by atoms with E-state index in [1.54, 1.807) is 0 Å². The molecule has 336 valence electrons. The standard InChI is InChI=1S/C30H25N3OS.C30H22N2OS/c1-35(2,3)25-19-11-17-23-22-16-10-18-24(26(22)34-27(23)25)30-32-28(20-12-6-4-7-13-20)31-29(33-30)21-14-8-5-9-15-21;1-34(2)27-18-10-16-23-22-15-9-17-24(28(22)33-29(23)27)30-31-25(20-11-5-3-6-12-20)19-26(32-30)21-13-7-4-8-14-21/h4-19H,1-3H3;3-19H,1H2,2H3. The highest BCUT2D eigenvalue weighted by Crippen LogP contribution is 2.51. The zero-order chi connectivity index (χ0) is 47.1. The Hall–Kier alpha value is -7.98. The van der Waals surface area contributed by atoms with Crippen molar-refractivity contribution < 1.29 is 8.83 Å². The van der Waals surface area contributed by atoms with Crippen LogP contribution in [0.1, 0.15) is 0 Å². The number of aromatic nitrogens is 5. The summed E-state index contributed by atoms with van der Waals surface area (Å²) in [6.07, 6.45) is 8.99. The Kier molecular flexibility index (Phi) is 11.5. The van der Waals surface area contributed by atoms with Gasteiger partial charge in [0.25, 0.3) is 0 Å². The Bertz CT molecular complexity index is 3730. The SMILES string of the molecule is C=S(C)c1cccc2c1oc1c(-c3nc(-c4ccccc4)cc(-c4ccccc4)n3)cccc12.CS(C)(C)c1cccc2c1oc1c(-c3nc(-c4ccccc4)nc(-c4ccccc4)n3)cccc12. The Balaban J connectivity index is 0.000000151. The van der Waals surface area contributed by atoms with Crippen LogP contribution in [-0.4, -0.2) is 55.8 Å². The van der Waals surface area contributed by atoms with Gasteiger partial charge in [-0.05, 0) is 55.4 Å². The van der Waals surface area contributed by atoms with Gasteiger partial charge in [0.15, 0.2) is 23.3 Å². The van der Waals surface area contributed by atoms with Gasteiger partial charge in [0.2, 0.25) is 0 Å². The second-order valence-electron chi connectivity index (χ2n) is 17.5. The third-order valence-electron chi connectivity index (χ3n) is 12.1. The Morgan fingerprint density at radius 1 is 0.377 bits per heavy atom. The second-order valence-corrected chi connectivity index (χ2v) is 23.4. The summed E-state index contributed by atoms with van der Waals surface area (Å²) in [6.45, 7) is 0. The first-order valence-corrected chi connectivity index (χ1v) is 27.2. The molecule has 1 unspecified atom stereocenters. The predicted molar refractivity (Wildman–Crippen MR) is 292 cm³/mol. The van der Waals surface area contributed by atoms with Gasteiger partial charge >= 0.3 is 0 Å². The smallest absolute Gasteiger partial charge is 0.167 e. The van der Waals surface area contributed by atoms with Crippen molar-refractivity contribution in [2.45, 2.75) is 9.79 Å². The molecule has 0 fully saturated rings. The van der Waals surface area contributed by atoms with Crippen LogP contribution in [0.4, 0.5) is 0 Å². The summed E-state index contributed by atoms with van der Waals surface area (Å²) >= 11 is 0. The average molecular weight is 934 g/mol. The molecule has 0 saturated heterocycles. The van der Waals surface area contributed by atoms with E-state index < -0.39 is 10.0 Å². The number of para-hydroxylation sites is 4. The lowest BCUT2D eigenvalue weighted by molar-refractivity contribution is 0.660. The first-order valence-electron chi connectivity index (χ1n) is 22.6. The maximum Gasteiger partial charge on any atom is 0.167 e. The van der Waals surface area contributed by atoms with Gasteiger partial charge < -0.3 is 8.83 Å². The molecule has 7 nitrogen and oxygen atoms in total. The van der Waals surface area contributed by atoms with Crippen LogP contribution in [0.2, 0.25) is 0 Å². The molecule has 0 bridgehead atoms. The molecule has 1 atom stereocenters. The van der Waals surface area contributed by atoms with Crippen LogP contribution in [0.15, 0.2) is 219 Å². The molecular weight excluding hydrogens is 887 g/mol. The molecule has 8 aromatic carbocycles. The number of benzene rings is 8. The molecule has 9 heteroatoms. The minimum atomic E-state index is -0.975. The minimum absolute atomic E-state index is 0.163. The molecule has 0 aliphatic rings. The highest BCUT2D eigenvalue weighted by atomic mass is 32.3. The van der Waals surface area contributed by atoms with E-state index in [2.05, 4.69) is 122 Å². The van der Waals surface area contributed by atoms with Crippen molar-refractivity contribution >= 4 is 70.3 Å². The summed E-state index contributed by atoms with van der Waals surface area (Å²) in [5.74, 6) is 6.78. The molecule has 0 radical (unpaired) electrons. The third-order valence-corrected chi connectivity index (χ3v) is 14.8. The summed E-state index contributed by atoms with van der Waals surface area (Å²) in [7, 11) is -1.14. The van der Waals surface area contributed by atoms with Crippen LogP contribution in [-0.2, 0) is 0 Å². The van der Waals surface area contributed by atoms with Crippen molar-refractivity contribution in [2.24, 2.45) is 0 Å². The molecule has 0 spiro atoms. The number of furan rings is 2. The van der Waals surface area contributed by atoms with Crippen LogP contribution in [0.3, 0.4) is 0 Å². The molecule has 0 amide bonds. The van der Waals surface area contributed by atoms with E-state index in [-0.39, 0.29) is 10.5 Å². The topological polar surface area (TPSA) is 90.7 Å². The van der Waals surface area contributed by atoms with Gasteiger partial charge in [-0.25, -0.2) is 34.9 Å². The lowest BCUT2D eigenvalue weighted by Gasteiger charge is -2.25. The van der Waals surface area contributed by atoms with Crippen LogP contribution in [0.5, 0.6) is 0 Å². The molecule has 12 rings (SSSR count). The summed E-state index contributed by atoms with van der Waals surface area (Å²) in [5, 5.41) is 4.36. The van der Waals surface area contributed by atoms with Crippen LogP contribution in [0.25, 0.3) is 112 Å². The largest absolute Gasteiger partial charge is 0.454 e. The van der Waals surface area contributed by atoms with E-state index in [0.717, 1.165) is 93.5 Å². The van der Waals surface area contributed by atoms with Gasteiger partial charge in [-0.1, -0.05) is 176 Å². The molecule has 0 aliphatic heterocycles. The fourth-order valence-corrected chi connectivity index (χ4v) is 10.7. The fourth-order valence-electron chi connectivity index (χ4n) is 8.71. The molecule has 4 heterocycles. The lowest BCUT2D eigenvalue weighted by atomic mass is 10.1. The van der Waals surface area contributed by atoms with Crippen molar-refractivity contribution in [3.63, 3.8) is 0 Å². The molecule has 0 N–H and O–H groups in total. The van der Waals surface area contributed by atoms with E-state index >= 15 is 0 Å². The maximum atomic E-state index is 6.61. The number of hydrogen-bond donors (Lipinski definition) is 0. The Labute approximate surface area is 404 Å². The van der Waals surface area contributed by atoms with Gasteiger partial charge in [-0.2, -0.15) is 10.5 Å². The average Bonchev–Trinajstić information content (AvgIpc) is 3.98. The van der Waals surface area contributed by atoms with Gasteiger partial charge in [-0.3, -0.25) is 0 Å². The van der Waals surface area contributed by atoms with Crippen molar-refractivity contribution in [1.29, 1.82) is 0 Å². The van der Waals surface area contributed by atoms with E-state index in [9.17, 15) is 0 Å². The number of rotatable bonds is 8. The number of nitrogens with zero attached hydrogens (tertiary/aromatic N) is 5. The molecule has 69 heavy (non-hydrogen) atoms. The zero-order valence-corrected chi connectivity index (χ0v) is 40.3. The number of hydrogen-bond acceptors (Lipinski definition) is 7. The normalized spacial score (nSPS) is 12.3. The van der Waals surface area contributed by atoms with Gasteiger partial charge in [0, 0.05) is 53.6 Å². The Morgan fingerprint density at radius 3 is 1.22 bits per heavy atom. The van der Waals surface area contributed by atoms with E-state index in [1.807, 2.05) is 109 Å². The quantitative estimate of drug-likeness (QED) is 0.140. The van der Waals surface area contributed by atoms with Crippen molar-refractivity contribution in [1.82, 2.24) is 24.9 Å². The van der Waals surface area contributed by atoms with Crippen molar-refractivity contribution in [2.75, 3.05) is 25.0 Å². The predicted octanol–water partition coefficient (Wildman–Crippen LogP) is 15.9. The van der Waals surface area contributed by atoms with Crippen molar-refractivity contribution in [3.05, 3.63) is 200 Å². The van der Waals surface area contributed by atoms with Gasteiger partial charge in [0.1, 0.15) is 22.3 Å². The molecule has 0 saturated carbocycles. The lowest BCUT2D eigenvalue weighted by Crippen LogP contribution is -2.00. The van der Waals surface area contributed by atoms with Gasteiger partial charge in [-0.15, -0.1) is 0 Å². The summed E-state index contributed by atoms with van der Waals surface area (Å²) < 4.78 is 13.1. The van der Waals surface area contributed by atoms with E-state index in [1.165, 1.54) is 4.90 Å². The summed E-state index contributed by atoms with van der Waals surface area (Å²) in [4.78, 5) is 27.0. The third kappa shape index (κ3) is 8.52. The highest BCUT2D eigenvalue weighted by molar-refractivity contribution is 8.32. The van der Waals surface area contributed by atoms with Crippen LogP contribution >= 0.6 is 20.5 Å². The molecule has 0 aliphatic carbocycles. The first-order chi connectivity index (χ1) is 33.7. The summed E-state index contributed by atoms with van der Waals surface area (Å²) in [6, 6.07) is 67.7. The van der Waals surface area contributed by atoms with Crippen LogP contribution in [0, 0.1) is 0 Å². The fraction of sp³-hybridized carbons (Fsp3) is 0.0667. The van der Waals surface area contributed by atoms with E-state index in [4.69, 9.17) is 33.8 Å². The maximum absolute atomic E-state index is 6.61. The zero-order valence-electron chi connectivity index (χ0n) is 38.6. The Morgan fingerprint density at radius 2 is 0.754 bits per heavy atom. The molecule has 4 aromatic heterocycles. The summed E-state index contributed by atoms with van der Waals surface area (Å²) in [5.41, 5.74) is 11.0. The van der Waals surface area contributed by atoms with Crippen LogP contribution < -0.4 is 0 Å². The minimum Gasteiger partial charge on any atom is -0.454 e. The first kappa shape index (κ1) is 43.6. The number of fused-ring (bicyclic) bond motifs is 6. The van der Waals surface area contributed by atoms with Gasteiger partial charge in [0.05, 0.1) is 22.5 Å². The highest BCUT2D eigenvalue weighted by Gasteiger charge is 2.22. The molecule has 12 aromatic rings. The van der Waals surface area contributed by atoms with Crippen molar-refractivity contribution in [3.8, 4) is 68.1 Å².